The quantitative estimate of drug-likeness (QED) is 0.819. The first kappa shape index (κ1) is 10.9. The van der Waals surface area contributed by atoms with Crippen LogP contribution in [0.1, 0.15) is 30.4 Å². The fourth-order valence-electron chi connectivity index (χ4n) is 2.65. The largest absolute Gasteiger partial charge is 0.367 e. The minimum atomic E-state index is -1.17. The molecule has 3 heterocycles. The van der Waals surface area contributed by atoms with Crippen molar-refractivity contribution in [2.75, 3.05) is 19.5 Å². The van der Waals surface area contributed by atoms with Crippen LogP contribution in [0.25, 0.3) is 0 Å². The molecular weight excluding hydrogens is 223 g/mol. The summed E-state index contributed by atoms with van der Waals surface area (Å²) in [5, 5.41) is 3.23. The Morgan fingerprint density at radius 2 is 2.12 bits per heavy atom. The minimum Gasteiger partial charge on any atom is -0.367 e. The van der Waals surface area contributed by atoms with Gasteiger partial charge in [0.05, 0.1) is 5.69 Å². The van der Waals surface area contributed by atoms with Crippen molar-refractivity contribution in [1.82, 2.24) is 4.98 Å². The Bertz CT molecular complexity index is 442. The number of halogens is 1. The molecule has 2 bridgehead atoms. The number of alkyl halides is 1. The second-order valence-electron chi connectivity index (χ2n) is 4.65. The molecule has 1 saturated carbocycles. The van der Waals surface area contributed by atoms with Crippen LogP contribution in [0.15, 0.2) is 12.1 Å². The van der Waals surface area contributed by atoms with Gasteiger partial charge in [-0.2, -0.15) is 0 Å². The number of rotatable bonds is 3. The van der Waals surface area contributed by atoms with Gasteiger partial charge < -0.3 is 14.8 Å². The Balaban J connectivity index is 1.97. The van der Waals surface area contributed by atoms with Crippen LogP contribution in [0.2, 0.25) is 0 Å². The highest BCUT2D eigenvalue weighted by atomic mass is 19.1. The molecule has 0 unspecified atom stereocenters. The summed E-state index contributed by atoms with van der Waals surface area (Å²) in [6.07, 6.45) is 0.605. The molecule has 92 valence electrons. The summed E-state index contributed by atoms with van der Waals surface area (Å²) < 4.78 is 24.6. The van der Waals surface area contributed by atoms with Crippen molar-refractivity contribution >= 4 is 5.82 Å². The Morgan fingerprint density at radius 1 is 1.41 bits per heavy atom. The standard InChI is InChI=1S/C12H15FN2O2/c1-16-11(17-2)9-4-3-8-10(15-9)14-7-5-12(8,13)6-7/h3-4,7,11H,5-6H2,1-2H3,(H,14,15). The maximum atomic E-state index is 14.3. The molecule has 17 heavy (non-hydrogen) atoms. The Morgan fingerprint density at radius 3 is 2.76 bits per heavy atom. The van der Waals surface area contributed by atoms with Crippen LogP contribution in [0.4, 0.5) is 10.2 Å². The zero-order valence-electron chi connectivity index (χ0n) is 9.87. The topological polar surface area (TPSA) is 43.4 Å². The molecule has 3 aliphatic rings. The average molecular weight is 238 g/mol. The van der Waals surface area contributed by atoms with Crippen molar-refractivity contribution in [3.63, 3.8) is 0 Å². The van der Waals surface area contributed by atoms with Crippen LogP contribution in [-0.2, 0) is 15.1 Å². The van der Waals surface area contributed by atoms with E-state index in [0.717, 1.165) is 0 Å². The highest BCUT2D eigenvalue weighted by Gasteiger charge is 2.52. The van der Waals surface area contributed by atoms with Gasteiger partial charge in [0.15, 0.2) is 0 Å². The number of anilines is 1. The van der Waals surface area contributed by atoms with Crippen molar-refractivity contribution in [3.8, 4) is 0 Å². The highest BCUT2D eigenvalue weighted by molar-refractivity contribution is 5.55. The first-order valence-corrected chi connectivity index (χ1v) is 5.69. The van der Waals surface area contributed by atoms with Gasteiger partial charge in [0.2, 0.25) is 6.29 Å². The minimum absolute atomic E-state index is 0.221. The van der Waals surface area contributed by atoms with Crippen LogP contribution in [-0.4, -0.2) is 25.2 Å². The Kier molecular flexibility index (Phi) is 2.34. The van der Waals surface area contributed by atoms with Gasteiger partial charge in [0, 0.05) is 38.7 Å². The van der Waals surface area contributed by atoms with E-state index in [1.165, 1.54) is 0 Å². The molecule has 2 aliphatic heterocycles. The second-order valence-corrected chi connectivity index (χ2v) is 4.65. The normalized spacial score (nSPS) is 29.5. The van der Waals surface area contributed by atoms with E-state index in [-0.39, 0.29) is 6.04 Å². The van der Waals surface area contributed by atoms with E-state index in [9.17, 15) is 4.39 Å². The molecule has 0 atom stereocenters. The third-order valence-corrected chi connectivity index (χ3v) is 3.55. The summed E-state index contributed by atoms with van der Waals surface area (Å²) in [5.41, 5.74) is 0.146. The van der Waals surface area contributed by atoms with Crippen LogP contribution in [0, 0.1) is 0 Å². The summed E-state index contributed by atoms with van der Waals surface area (Å²) >= 11 is 0. The first-order valence-electron chi connectivity index (χ1n) is 5.69. The molecule has 1 fully saturated rings. The lowest BCUT2D eigenvalue weighted by molar-refractivity contribution is -0.108. The average Bonchev–Trinajstić information content (AvgIpc) is 2.29. The molecular formula is C12H15FN2O2. The third kappa shape index (κ3) is 1.53. The molecule has 4 nitrogen and oxygen atoms in total. The molecule has 1 aliphatic carbocycles. The number of methoxy groups -OCH3 is 2. The summed E-state index contributed by atoms with van der Waals surface area (Å²) in [7, 11) is 3.10. The number of ether oxygens (including phenoxy) is 2. The fraction of sp³-hybridized carbons (Fsp3) is 0.583. The highest BCUT2D eigenvalue weighted by Crippen LogP contribution is 2.52. The molecule has 0 aromatic carbocycles. The molecule has 1 aromatic heterocycles. The van der Waals surface area contributed by atoms with Gasteiger partial charge in [0.25, 0.3) is 0 Å². The van der Waals surface area contributed by atoms with E-state index in [0.29, 0.717) is 29.9 Å². The summed E-state index contributed by atoms with van der Waals surface area (Å²) in [6.45, 7) is 0. The molecule has 4 rings (SSSR count). The van der Waals surface area contributed by atoms with Gasteiger partial charge in [-0.3, -0.25) is 0 Å². The summed E-state index contributed by atoms with van der Waals surface area (Å²) in [4.78, 5) is 4.38. The molecule has 1 aromatic rings. The number of pyridine rings is 1. The molecule has 1 N–H and O–H groups in total. The molecule has 0 radical (unpaired) electrons. The maximum Gasteiger partial charge on any atom is 0.200 e. The lowest BCUT2D eigenvalue weighted by Crippen LogP contribution is -2.50. The summed E-state index contributed by atoms with van der Waals surface area (Å²) in [5.74, 6) is 0.631. The van der Waals surface area contributed by atoms with E-state index in [4.69, 9.17) is 9.47 Å². The zero-order valence-corrected chi connectivity index (χ0v) is 9.87. The Labute approximate surface area is 99.1 Å². The van der Waals surface area contributed by atoms with Crippen LogP contribution in [0.5, 0.6) is 0 Å². The number of nitrogens with one attached hydrogen (secondary N) is 1. The van der Waals surface area contributed by atoms with Crippen LogP contribution >= 0.6 is 0 Å². The fourth-order valence-corrected chi connectivity index (χ4v) is 2.65. The van der Waals surface area contributed by atoms with Gasteiger partial charge in [-0.15, -0.1) is 0 Å². The number of aromatic nitrogens is 1. The summed E-state index contributed by atoms with van der Waals surface area (Å²) in [6, 6.07) is 3.77. The third-order valence-electron chi connectivity index (χ3n) is 3.55. The van der Waals surface area contributed by atoms with Crippen LogP contribution in [0.3, 0.4) is 0 Å². The van der Waals surface area contributed by atoms with E-state index < -0.39 is 12.0 Å². The second kappa shape index (κ2) is 3.65. The van der Waals surface area contributed by atoms with Crippen molar-refractivity contribution in [2.45, 2.75) is 30.8 Å². The zero-order chi connectivity index (χ0) is 12.0. The van der Waals surface area contributed by atoms with Gasteiger partial charge in [-0.1, -0.05) is 6.07 Å². The molecule has 0 spiro atoms. The van der Waals surface area contributed by atoms with Crippen molar-refractivity contribution in [2.24, 2.45) is 0 Å². The van der Waals surface area contributed by atoms with Gasteiger partial charge in [-0.05, 0) is 6.07 Å². The number of hydrogen-bond donors (Lipinski definition) is 1. The van der Waals surface area contributed by atoms with E-state index in [2.05, 4.69) is 10.3 Å². The predicted octanol–water partition coefficient (Wildman–Crippen LogP) is 2.13. The predicted molar refractivity (Wildman–Crippen MR) is 60.4 cm³/mol. The molecule has 0 saturated heterocycles. The Hall–Kier alpha value is -1.20. The van der Waals surface area contributed by atoms with Crippen molar-refractivity contribution in [3.05, 3.63) is 23.4 Å². The van der Waals surface area contributed by atoms with E-state index in [1.54, 1.807) is 26.4 Å². The SMILES string of the molecule is COC(OC)c1ccc2c(n1)NC1CC2(F)C1. The first-order chi connectivity index (χ1) is 8.16. The number of hydrogen-bond acceptors (Lipinski definition) is 4. The molecule has 5 heteroatoms. The van der Waals surface area contributed by atoms with Gasteiger partial charge in [0.1, 0.15) is 11.5 Å². The molecule has 0 amide bonds. The van der Waals surface area contributed by atoms with Gasteiger partial charge in [-0.25, -0.2) is 9.37 Å². The number of nitrogens with zero attached hydrogens (tertiary/aromatic N) is 1. The van der Waals surface area contributed by atoms with Crippen LogP contribution < -0.4 is 5.32 Å². The van der Waals surface area contributed by atoms with E-state index >= 15 is 0 Å². The van der Waals surface area contributed by atoms with Crippen molar-refractivity contribution in [1.29, 1.82) is 0 Å². The lowest BCUT2D eigenvalue weighted by atomic mass is 9.70. The maximum absolute atomic E-state index is 14.3. The monoisotopic (exact) mass is 238 g/mol. The smallest absolute Gasteiger partial charge is 0.200 e. The van der Waals surface area contributed by atoms with E-state index in [1.807, 2.05) is 0 Å². The lowest BCUT2D eigenvalue weighted by Gasteiger charge is -2.47. The van der Waals surface area contributed by atoms with Crippen molar-refractivity contribution < 1.29 is 13.9 Å². The van der Waals surface area contributed by atoms with Gasteiger partial charge >= 0.3 is 0 Å².